The highest BCUT2D eigenvalue weighted by Gasteiger charge is 2.54. The third-order valence-corrected chi connectivity index (χ3v) is 4.71. The molecular weight excluding hydrogens is 280 g/mol. The molecule has 0 spiro atoms. The number of carbonyl (C=O) groups is 1. The van der Waals surface area contributed by atoms with Crippen molar-refractivity contribution < 1.29 is 9.53 Å². The van der Waals surface area contributed by atoms with Crippen molar-refractivity contribution in [1.82, 2.24) is 14.8 Å². The Morgan fingerprint density at radius 1 is 1.50 bits per heavy atom. The van der Waals surface area contributed by atoms with Crippen molar-refractivity contribution in [3.63, 3.8) is 0 Å². The van der Waals surface area contributed by atoms with E-state index in [1.54, 1.807) is 4.68 Å². The molecule has 6 nitrogen and oxygen atoms in total. The number of ether oxygens (including phenoxy) is 1. The van der Waals surface area contributed by atoms with Gasteiger partial charge in [0.05, 0.1) is 5.92 Å². The summed E-state index contributed by atoms with van der Waals surface area (Å²) in [5.41, 5.74) is -0.520. The van der Waals surface area contributed by atoms with Gasteiger partial charge in [-0.05, 0) is 45.4 Å². The van der Waals surface area contributed by atoms with Crippen molar-refractivity contribution in [1.29, 1.82) is 0 Å². The van der Waals surface area contributed by atoms with Gasteiger partial charge < -0.3 is 10.1 Å². The zero-order chi connectivity index (χ0) is 16.7. The van der Waals surface area contributed by atoms with Gasteiger partial charge >= 0.3 is 5.97 Å². The van der Waals surface area contributed by atoms with Crippen molar-refractivity contribution in [3.8, 4) is 0 Å². The number of nitrogens with one attached hydrogen (secondary N) is 1. The second kappa shape index (κ2) is 5.56. The molecule has 0 aliphatic heterocycles. The van der Waals surface area contributed by atoms with Crippen molar-refractivity contribution in [2.24, 2.45) is 24.3 Å². The summed E-state index contributed by atoms with van der Waals surface area (Å²) >= 11 is 0. The molecule has 124 valence electrons. The molecule has 0 bridgehead atoms. The number of nitrogens with zero attached hydrogens (tertiary/aromatic N) is 3. The second-order valence-electron chi connectivity index (χ2n) is 7.89. The van der Waals surface area contributed by atoms with Crippen LogP contribution in [0.5, 0.6) is 0 Å². The summed E-state index contributed by atoms with van der Waals surface area (Å²) in [6.07, 6.45) is 2.37. The molecule has 1 aliphatic carbocycles. The minimum absolute atomic E-state index is 0.0412. The summed E-state index contributed by atoms with van der Waals surface area (Å²) < 4.78 is 7.26. The Labute approximate surface area is 132 Å². The summed E-state index contributed by atoms with van der Waals surface area (Å²) in [6, 6.07) is 0.219. The average Bonchev–Trinajstić information content (AvgIpc) is 2.71. The van der Waals surface area contributed by atoms with Gasteiger partial charge in [0.2, 0.25) is 5.95 Å². The Kier molecular flexibility index (Phi) is 4.24. The first-order chi connectivity index (χ1) is 10.0. The lowest BCUT2D eigenvalue weighted by atomic mass is 9.52. The molecular formula is C16H28N4O2. The number of anilines is 1. The monoisotopic (exact) mass is 308 g/mol. The SMILES string of the molecule is CC(Nc1ncnn1C)[C@@H]1C[C@H](C(=O)OC(C)(C)C)C1(C)C. The molecule has 1 N–H and O–H groups in total. The molecule has 1 aromatic heterocycles. The molecule has 1 aromatic rings. The van der Waals surface area contributed by atoms with Crippen molar-refractivity contribution in [3.05, 3.63) is 6.33 Å². The van der Waals surface area contributed by atoms with Gasteiger partial charge in [-0.15, -0.1) is 0 Å². The number of carbonyl (C=O) groups excluding carboxylic acids is 1. The molecule has 3 atom stereocenters. The lowest BCUT2D eigenvalue weighted by Crippen LogP contribution is -2.55. The summed E-state index contributed by atoms with van der Waals surface area (Å²) in [6.45, 7) is 12.1. The Hall–Kier alpha value is -1.59. The lowest BCUT2D eigenvalue weighted by molar-refractivity contribution is -0.177. The third-order valence-electron chi connectivity index (χ3n) is 4.71. The number of esters is 1. The number of hydrogen-bond donors (Lipinski definition) is 1. The Bertz CT molecular complexity index is 545. The Morgan fingerprint density at radius 3 is 2.59 bits per heavy atom. The minimum atomic E-state index is -0.430. The fourth-order valence-electron chi connectivity index (χ4n) is 3.31. The van der Waals surface area contributed by atoms with Gasteiger partial charge in [-0.1, -0.05) is 13.8 Å². The Balaban J connectivity index is 1.98. The van der Waals surface area contributed by atoms with Gasteiger partial charge in [0.15, 0.2) is 0 Å². The van der Waals surface area contributed by atoms with Crippen LogP contribution in [-0.2, 0) is 16.6 Å². The van der Waals surface area contributed by atoms with Crippen LogP contribution in [-0.4, -0.2) is 32.4 Å². The normalized spacial score (nSPS) is 25.2. The standard InChI is InChI=1S/C16H28N4O2/c1-10(19-14-17-9-18-20(14)7)11-8-12(16(11,5)6)13(21)22-15(2,3)4/h9-12H,8H2,1-7H3,(H,17,18,19)/t10?,11-,12+/m0/s1. The van der Waals surface area contributed by atoms with E-state index in [4.69, 9.17) is 4.74 Å². The molecule has 2 rings (SSSR count). The van der Waals surface area contributed by atoms with E-state index < -0.39 is 5.60 Å². The van der Waals surface area contributed by atoms with Crippen LogP contribution in [0.25, 0.3) is 0 Å². The van der Waals surface area contributed by atoms with Crippen LogP contribution in [0, 0.1) is 17.3 Å². The van der Waals surface area contributed by atoms with E-state index in [1.807, 2.05) is 27.8 Å². The van der Waals surface area contributed by atoms with Gasteiger partial charge in [0.1, 0.15) is 11.9 Å². The zero-order valence-electron chi connectivity index (χ0n) is 14.7. The molecule has 1 heterocycles. The maximum Gasteiger partial charge on any atom is 0.310 e. The van der Waals surface area contributed by atoms with Crippen LogP contribution in [0.15, 0.2) is 6.33 Å². The van der Waals surface area contributed by atoms with Crippen LogP contribution in [0.1, 0.15) is 48.0 Å². The first-order valence-electron chi connectivity index (χ1n) is 7.86. The van der Waals surface area contributed by atoms with Crippen molar-refractivity contribution >= 4 is 11.9 Å². The van der Waals surface area contributed by atoms with E-state index in [1.165, 1.54) is 6.33 Å². The third kappa shape index (κ3) is 3.25. The van der Waals surface area contributed by atoms with Gasteiger partial charge in [-0.3, -0.25) is 4.79 Å². The summed E-state index contributed by atoms with van der Waals surface area (Å²) in [5, 5.41) is 7.45. The molecule has 1 unspecified atom stereocenters. The van der Waals surface area contributed by atoms with Crippen molar-refractivity contribution in [2.75, 3.05) is 5.32 Å². The minimum Gasteiger partial charge on any atom is -0.460 e. The van der Waals surface area contributed by atoms with Crippen molar-refractivity contribution in [2.45, 2.75) is 59.6 Å². The number of hydrogen-bond acceptors (Lipinski definition) is 5. The fourth-order valence-corrected chi connectivity index (χ4v) is 3.31. The number of aryl methyl sites for hydroxylation is 1. The molecule has 0 aromatic carbocycles. The van der Waals surface area contributed by atoms with E-state index in [9.17, 15) is 4.79 Å². The first-order valence-corrected chi connectivity index (χ1v) is 7.86. The molecule has 1 aliphatic rings. The molecule has 0 saturated heterocycles. The molecule has 0 radical (unpaired) electrons. The topological polar surface area (TPSA) is 69.0 Å². The summed E-state index contributed by atoms with van der Waals surface area (Å²) in [5.74, 6) is 1.02. The van der Waals surface area contributed by atoms with Crippen LogP contribution in [0.3, 0.4) is 0 Å². The molecule has 1 fully saturated rings. The number of aromatic nitrogens is 3. The van der Waals surface area contributed by atoms with Gasteiger partial charge in [-0.25, -0.2) is 4.68 Å². The summed E-state index contributed by atoms with van der Waals surface area (Å²) in [7, 11) is 1.86. The average molecular weight is 308 g/mol. The highest BCUT2D eigenvalue weighted by atomic mass is 16.6. The van der Waals surface area contributed by atoms with E-state index in [0.29, 0.717) is 5.92 Å². The first kappa shape index (κ1) is 16.8. The van der Waals surface area contributed by atoms with Crippen LogP contribution >= 0.6 is 0 Å². The lowest BCUT2D eigenvalue weighted by Gasteiger charge is -2.53. The molecule has 6 heteroatoms. The predicted molar refractivity (Wildman–Crippen MR) is 85.3 cm³/mol. The van der Waals surface area contributed by atoms with E-state index in [2.05, 4.69) is 36.2 Å². The van der Waals surface area contributed by atoms with E-state index in [-0.39, 0.29) is 23.3 Å². The molecule has 0 amide bonds. The fraction of sp³-hybridized carbons (Fsp3) is 0.812. The largest absolute Gasteiger partial charge is 0.460 e. The highest BCUT2D eigenvalue weighted by Crippen LogP contribution is 2.53. The predicted octanol–water partition coefficient (Wildman–Crippen LogP) is 2.62. The second-order valence-corrected chi connectivity index (χ2v) is 7.89. The van der Waals surface area contributed by atoms with Gasteiger partial charge in [-0.2, -0.15) is 10.1 Å². The van der Waals surface area contributed by atoms with Crippen LogP contribution < -0.4 is 5.32 Å². The smallest absolute Gasteiger partial charge is 0.310 e. The maximum absolute atomic E-state index is 12.3. The maximum atomic E-state index is 12.3. The molecule has 1 saturated carbocycles. The zero-order valence-corrected chi connectivity index (χ0v) is 14.7. The number of rotatable bonds is 4. The van der Waals surface area contributed by atoms with Gasteiger partial charge in [0, 0.05) is 13.1 Å². The summed E-state index contributed by atoms with van der Waals surface area (Å²) in [4.78, 5) is 16.5. The quantitative estimate of drug-likeness (QED) is 0.866. The van der Waals surface area contributed by atoms with E-state index in [0.717, 1.165) is 12.4 Å². The van der Waals surface area contributed by atoms with E-state index >= 15 is 0 Å². The van der Waals surface area contributed by atoms with Crippen LogP contribution in [0.4, 0.5) is 5.95 Å². The Morgan fingerprint density at radius 2 is 2.14 bits per heavy atom. The van der Waals surface area contributed by atoms with Gasteiger partial charge in [0.25, 0.3) is 0 Å². The highest BCUT2D eigenvalue weighted by molar-refractivity contribution is 5.75. The van der Waals surface area contributed by atoms with Crippen LogP contribution in [0.2, 0.25) is 0 Å². The molecule has 22 heavy (non-hydrogen) atoms.